The Labute approximate surface area is 126 Å². The van der Waals surface area contributed by atoms with Crippen LogP contribution in [0.2, 0.25) is 0 Å². The van der Waals surface area contributed by atoms with Crippen molar-refractivity contribution in [2.24, 2.45) is 0 Å². The lowest BCUT2D eigenvalue weighted by Crippen LogP contribution is -2.25. The topological polar surface area (TPSA) is 71.8 Å². The molecule has 1 amide bonds. The summed E-state index contributed by atoms with van der Waals surface area (Å²) in [6, 6.07) is 7.59. The number of rotatable bonds is 2. The number of cyclic esters (lactones) is 1. The molecule has 0 unspecified atom stereocenters. The number of fused-ring (bicyclic) bond motifs is 3. The summed E-state index contributed by atoms with van der Waals surface area (Å²) in [4.78, 5) is 25.4. The van der Waals surface area contributed by atoms with Gasteiger partial charge in [0.05, 0.1) is 18.8 Å². The van der Waals surface area contributed by atoms with Crippen molar-refractivity contribution in [1.82, 2.24) is 4.57 Å². The van der Waals surface area contributed by atoms with Gasteiger partial charge in [-0.2, -0.15) is 0 Å². The van der Waals surface area contributed by atoms with Gasteiger partial charge < -0.3 is 14.4 Å². The molecule has 22 heavy (non-hydrogen) atoms. The number of carbonyl (C=O) groups excluding carboxylic acids is 2. The number of ketones is 1. The van der Waals surface area contributed by atoms with E-state index < -0.39 is 12.2 Å². The zero-order valence-electron chi connectivity index (χ0n) is 12.0. The molecule has 4 rings (SSSR count). The van der Waals surface area contributed by atoms with E-state index in [-0.39, 0.29) is 12.4 Å². The van der Waals surface area contributed by atoms with Crippen LogP contribution in [-0.4, -0.2) is 40.8 Å². The lowest BCUT2D eigenvalue weighted by molar-refractivity contribution is 0.0954. The summed E-state index contributed by atoms with van der Waals surface area (Å²) in [6.07, 6.45) is 0.541. The maximum absolute atomic E-state index is 12.0. The molecule has 1 fully saturated rings. The van der Waals surface area contributed by atoms with E-state index in [9.17, 15) is 9.59 Å². The third-order valence-corrected chi connectivity index (χ3v) is 4.35. The largest absolute Gasteiger partial charge is 0.441 e. The monoisotopic (exact) mass is 300 g/mol. The molecule has 114 valence electrons. The molecule has 3 heterocycles. The fourth-order valence-corrected chi connectivity index (χ4v) is 3.25. The zero-order valence-corrected chi connectivity index (χ0v) is 12.0. The van der Waals surface area contributed by atoms with Gasteiger partial charge in [-0.25, -0.2) is 4.79 Å². The second kappa shape index (κ2) is 4.84. The standard InChI is InChI=1S/C16H16N2O4/c19-9-12-8-18(16(21)22-12)11-3-4-13-10(6-11)7-14-15(20)2-1-5-17(13)14/h3-4,6-7,12,19H,1-2,5,8-9H2/t12-/m1/s1. The summed E-state index contributed by atoms with van der Waals surface area (Å²) in [7, 11) is 0. The average molecular weight is 300 g/mol. The van der Waals surface area contributed by atoms with Crippen LogP contribution in [0.1, 0.15) is 23.3 Å². The highest BCUT2D eigenvalue weighted by Crippen LogP contribution is 2.30. The van der Waals surface area contributed by atoms with E-state index in [0.29, 0.717) is 13.0 Å². The first-order valence-corrected chi connectivity index (χ1v) is 7.43. The fourth-order valence-electron chi connectivity index (χ4n) is 3.25. The minimum atomic E-state index is -0.480. The van der Waals surface area contributed by atoms with Crippen molar-refractivity contribution in [3.8, 4) is 0 Å². The minimum Gasteiger partial charge on any atom is -0.441 e. The molecule has 1 N–H and O–H groups in total. The molecule has 0 radical (unpaired) electrons. The maximum Gasteiger partial charge on any atom is 0.414 e. The van der Waals surface area contributed by atoms with Gasteiger partial charge in [-0.3, -0.25) is 9.69 Å². The summed E-state index contributed by atoms with van der Waals surface area (Å²) in [5.41, 5.74) is 2.48. The number of benzene rings is 1. The summed E-state index contributed by atoms with van der Waals surface area (Å²) in [5.74, 6) is 0.171. The Morgan fingerprint density at radius 3 is 2.91 bits per heavy atom. The van der Waals surface area contributed by atoms with Crippen LogP contribution in [0.25, 0.3) is 10.9 Å². The van der Waals surface area contributed by atoms with Crippen LogP contribution in [0.15, 0.2) is 24.3 Å². The number of Topliss-reactive ketones (excluding diaryl/α,β-unsaturated/α-hetero) is 1. The molecule has 1 aromatic heterocycles. The van der Waals surface area contributed by atoms with Crippen LogP contribution in [0, 0.1) is 0 Å². The van der Waals surface area contributed by atoms with E-state index in [2.05, 4.69) is 0 Å². The van der Waals surface area contributed by atoms with E-state index in [0.717, 1.165) is 35.2 Å². The number of anilines is 1. The third-order valence-electron chi connectivity index (χ3n) is 4.35. The van der Waals surface area contributed by atoms with Crippen LogP contribution in [-0.2, 0) is 11.3 Å². The Kier molecular flexibility index (Phi) is 2.94. The predicted octanol–water partition coefficient (Wildman–Crippen LogP) is 1.94. The SMILES string of the molecule is O=C1CCCn2c1cc1cc(N3C[C@H](CO)OC3=O)ccc12. The van der Waals surface area contributed by atoms with E-state index in [1.165, 1.54) is 4.90 Å². The second-order valence-electron chi connectivity index (χ2n) is 5.75. The van der Waals surface area contributed by atoms with Gasteiger partial charge in [0.1, 0.15) is 6.10 Å². The number of aromatic nitrogens is 1. The summed E-state index contributed by atoms with van der Waals surface area (Å²) in [5, 5.41) is 10.1. The zero-order chi connectivity index (χ0) is 15.3. The van der Waals surface area contributed by atoms with E-state index in [1.807, 2.05) is 28.8 Å². The molecule has 1 atom stereocenters. The van der Waals surface area contributed by atoms with Gasteiger partial charge in [0, 0.05) is 29.6 Å². The Morgan fingerprint density at radius 1 is 1.27 bits per heavy atom. The molecule has 2 aromatic rings. The van der Waals surface area contributed by atoms with Crippen molar-refractivity contribution in [1.29, 1.82) is 0 Å². The Hall–Kier alpha value is -2.34. The molecule has 2 aliphatic rings. The van der Waals surface area contributed by atoms with Gasteiger partial charge in [0.25, 0.3) is 0 Å². The number of aliphatic hydroxyl groups excluding tert-OH is 1. The van der Waals surface area contributed by atoms with Crippen molar-refractivity contribution in [3.05, 3.63) is 30.0 Å². The van der Waals surface area contributed by atoms with Gasteiger partial charge in [-0.05, 0) is 30.7 Å². The van der Waals surface area contributed by atoms with Gasteiger partial charge in [0.15, 0.2) is 5.78 Å². The minimum absolute atomic E-state index is 0.171. The first kappa shape index (κ1) is 13.3. The molecule has 6 heteroatoms. The molecular weight excluding hydrogens is 284 g/mol. The molecule has 6 nitrogen and oxygen atoms in total. The van der Waals surface area contributed by atoms with Crippen molar-refractivity contribution in [3.63, 3.8) is 0 Å². The molecule has 0 bridgehead atoms. The molecule has 0 spiro atoms. The Morgan fingerprint density at radius 2 is 2.14 bits per heavy atom. The number of aryl methyl sites for hydroxylation is 1. The Bertz CT molecular complexity index is 780. The van der Waals surface area contributed by atoms with Crippen molar-refractivity contribution in [2.75, 3.05) is 18.1 Å². The highest BCUT2D eigenvalue weighted by atomic mass is 16.6. The normalized spacial score (nSPS) is 21.3. The number of carbonyl (C=O) groups is 2. The van der Waals surface area contributed by atoms with E-state index in [1.54, 1.807) is 0 Å². The number of hydrogen-bond donors (Lipinski definition) is 1. The maximum atomic E-state index is 12.0. The lowest BCUT2D eigenvalue weighted by atomic mass is 10.1. The molecule has 1 saturated heterocycles. The van der Waals surface area contributed by atoms with Crippen LogP contribution >= 0.6 is 0 Å². The third kappa shape index (κ3) is 1.91. The molecule has 0 aliphatic carbocycles. The first-order valence-electron chi connectivity index (χ1n) is 7.43. The van der Waals surface area contributed by atoms with Crippen molar-refractivity contribution in [2.45, 2.75) is 25.5 Å². The number of nitrogens with zero attached hydrogens (tertiary/aromatic N) is 2. The van der Waals surface area contributed by atoms with Crippen LogP contribution in [0.4, 0.5) is 10.5 Å². The van der Waals surface area contributed by atoms with E-state index in [4.69, 9.17) is 9.84 Å². The molecule has 2 aliphatic heterocycles. The predicted molar refractivity (Wildman–Crippen MR) is 80.2 cm³/mol. The fraction of sp³-hybridized carbons (Fsp3) is 0.375. The molecule has 1 aromatic carbocycles. The van der Waals surface area contributed by atoms with Crippen molar-refractivity contribution >= 4 is 28.5 Å². The first-order chi connectivity index (χ1) is 10.7. The number of ether oxygens (including phenoxy) is 1. The van der Waals surface area contributed by atoms with Gasteiger partial charge in [-0.1, -0.05) is 0 Å². The average Bonchev–Trinajstić information content (AvgIpc) is 3.08. The smallest absolute Gasteiger partial charge is 0.414 e. The quantitative estimate of drug-likeness (QED) is 0.920. The highest BCUT2D eigenvalue weighted by Gasteiger charge is 2.32. The number of aliphatic hydroxyl groups is 1. The Balaban J connectivity index is 1.76. The number of amides is 1. The lowest BCUT2D eigenvalue weighted by Gasteiger charge is -2.15. The summed E-state index contributed by atoms with van der Waals surface area (Å²) < 4.78 is 7.11. The van der Waals surface area contributed by atoms with Crippen LogP contribution in [0.3, 0.4) is 0 Å². The van der Waals surface area contributed by atoms with E-state index >= 15 is 0 Å². The summed E-state index contributed by atoms with van der Waals surface area (Å²) in [6.45, 7) is 1.01. The van der Waals surface area contributed by atoms with Gasteiger partial charge in [0.2, 0.25) is 0 Å². The van der Waals surface area contributed by atoms with Crippen molar-refractivity contribution < 1.29 is 19.4 Å². The number of hydrogen-bond acceptors (Lipinski definition) is 4. The second-order valence-corrected chi connectivity index (χ2v) is 5.75. The van der Waals surface area contributed by atoms with Gasteiger partial charge >= 0.3 is 6.09 Å². The highest BCUT2D eigenvalue weighted by molar-refractivity contribution is 6.02. The summed E-state index contributed by atoms with van der Waals surface area (Å²) >= 11 is 0. The van der Waals surface area contributed by atoms with Gasteiger partial charge in [-0.15, -0.1) is 0 Å². The molecular formula is C16H16N2O4. The van der Waals surface area contributed by atoms with Crippen LogP contribution in [0.5, 0.6) is 0 Å². The van der Waals surface area contributed by atoms with Crippen LogP contribution < -0.4 is 4.90 Å². The molecule has 0 saturated carbocycles.